The van der Waals surface area contributed by atoms with Crippen LogP contribution in [0.2, 0.25) is 0 Å². The maximum Gasteiger partial charge on any atom is 0.255 e. The van der Waals surface area contributed by atoms with Crippen molar-refractivity contribution in [2.45, 2.75) is 69.2 Å². The molecule has 5 fully saturated rings. The van der Waals surface area contributed by atoms with E-state index in [4.69, 9.17) is 9.15 Å². The number of rotatable bonds is 5. The number of benzene rings is 1. The van der Waals surface area contributed by atoms with Crippen molar-refractivity contribution >= 4 is 17.7 Å². The molecule has 6 aliphatic rings. The number of likely N-dealkylation sites (tertiary alicyclic amines) is 1. The third kappa shape index (κ3) is 3.10. The van der Waals surface area contributed by atoms with E-state index in [-0.39, 0.29) is 29.7 Å². The second-order valence-electron chi connectivity index (χ2n) is 10.8. The van der Waals surface area contributed by atoms with Gasteiger partial charge in [0.15, 0.2) is 5.89 Å². The van der Waals surface area contributed by atoms with E-state index in [0.717, 1.165) is 55.3 Å². The lowest BCUT2D eigenvalue weighted by molar-refractivity contribution is -0.160. The lowest BCUT2D eigenvalue weighted by Gasteiger charge is -2.53. The van der Waals surface area contributed by atoms with Gasteiger partial charge in [-0.1, -0.05) is 0 Å². The third-order valence-electron chi connectivity index (χ3n) is 8.67. The average Bonchev–Trinajstić information content (AvgIpc) is 3.47. The van der Waals surface area contributed by atoms with Crippen LogP contribution in [0.5, 0.6) is 5.75 Å². The number of oxazole rings is 1. The predicted molar refractivity (Wildman–Crippen MR) is 123 cm³/mol. The number of hydrogen-bond donors (Lipinski definition) is 1. The number of aromatic nitrogens is 1. The van der Waals surface area contributed by atoms with Crippen LogP contribution >= 0.6 is 0 Å². The van der Waals surface area contributed by atoms with E-state index in [1.807, 2.05) is 25.1 Å². The van der Waals surface area contributed by atoms with Crippen LogP contribution in [0.15, 0.2) is 28.8 Å². The van der Waals surface area contributed by atoms with Gasteiger partial charge in [-0.3, -0.25) is 24.6 Å². The Morgan fingerprint density at radius 2 is 1.97 bits per heavy atom. The highest BCUT2D eigenvalue weighted by atomic mass is 16.5. The molecular weight excluding hydrogens is 448 g/mol. The molecular formula is C26H28N4O5. The Morgan fingerprint density at radius 3 is 2.71 bits per heavy atom. The van der Waals surface area contributed by atoms with Gasteiger partial charge in [-0.25, -0.2) is 4.98 Å². The molecule has 2 atom stereocenters. The molecule has 1 aromatic heterocycles. The van der Waals surface area contributed by atoms with E-state index in [2.05, 4.69) is 15.2 Å². The molecule has 8 rings (SSSR count). The van der Waals surface area contributed by atoms with Gasteiger partial charge < -0.3 is 14.1 Å². The number of fused-ring (bicyclic) bond motifs is 3. The summed E-state index contributed by atoms with van der Waals surface area (Å²) < 4.78 is 12.2. The molecule has 1 aromatic carbocycles. The summed E-state index contributed by atoms with van der Waals surface area (Å²) in [4.78, 5) is 46.1. The lowest BCUT2D eigenvalue weighted by atomic mass is 9.63. The van der Waals surface area contributed by atoms with Gasteiger partial charge in [0.1, 0.15) is 23.2 Å². The summed E-state index contributed by atoms with van der Waals surface area (Å²) in [5.74, 6) is 1.93. The molecule has 35 heavy (non-hydrogen) atoms. The largest absolute Gasteiger partial charge is 0.489 e. The van der Waals surface area contributed by atoms with Crippen molar-refractivity contribution in [3.63, 3.8) is 0 Å². The van der Waals surface area contributed by atoms with Gasteiger partial charge >= 0.3 is 0 Å². The molecule has 2 aliphatic carbocycles. The number of amides is 3. The van der Waals surface area contributed by atoms with Gasteiger partial charge in [0, 0.05) is 37.2 Å². The van der Waals surface area contributed by atoms with Gasteiger partial charge in [-0.05, 0) is 62.8 Å². The Balaban J connectivity index is 1.03. The normalized spacial score (nSPS) is 32.3. The van der Waals surface area contributed by atoms with E-state index in [9.17, 15) is 14.4 Å². The zero-order valence-corrected chi connectivity index (χ0v) is 19.7. The van der Waals surface area contributed by atoms with E-state index in [1.165, 1.54) is 0 Å². The second kappa shape index (κ2) is 7.40. The van der Waals surface area contributed by atoms with Crippen LogP contribution in [0.25, 0.3) is 0 Å². The highest BCUT2D eigenvalue weighted by molar-refractivity contribution is 6.10. The van der Waals surface area contributed by atoms with Crippen LogP contribution in [0.4, 0.5) is 0 Å². The molecule has 5 heterocycles. The first kappa shape index (κ1) is 21.1. The number of imide groups is 1. The third-order valence-corrected chi connectivity index (χ3v) is 8.67. The van der Waals surface area contributed by atoms with Crippen molar-refractivity contribution in [1.29, 1.82) is 0 Å². The zero-order chi connectivity index (χ0) is 23.9. The van der Waals surface area contributed by atoms with Crippen LogP contribution in [0.1, 0.15) is 65.6 Å². The van der Waals surface area contributed by atoms with Crippen molar-refractivity contribution in [3.05, 3.63) is 47.2 Å². The monoisotopic (exact) mass is 476 g/mol. The average molecular weight is 477 g/mol. The Labute approximate surface area is 202 Å². The molecule has 0 spiro atoms. The van der Waals surface area contributed by atoms with E-state index in [0.29, 0.717) is 36.9 Å². The van der Waals surface area contributed by atoms with Crippen LogP contribution in [-0.4, -0.2) is 63.3 Å². The van der Waals surface area contributed by atoms with Crippen LogP contribution < -0.4 is 10.1 Å². The van der Waals surface area contributed by atoms with Crippen molar-refractivity contribution < 1.29 is 23.5 Å². The molecule has 4 aliphatic heterocycles. The van der Waals surface area contributed by atoms with Crippen molar-refractivity contribution in [2.24, 2.45) is 5.92 Å². The van der Waals surface area contributed by atoms with Gasteiger partial charge in [0.25, 0.3) is 11.8 Å². The summed E-state index contributed by atoms with van der Waals surface area (Å²) in [6, 6.07) is 6.01. The summed E-state index contributed by atoms with van der Waals surface area (Å²) in [6.45, 7) is 4.17. The molecule has 1 N–H and O–H groups in total. The van der Waals surface area contributed by atoms with E-state index < -0.39 is 5.54 Å². The molecule has 2 aromatic rings. The standard InChI is InChI=1S/C26H28N4O5/c1-14-10-27-23(34-14)17-11-29(12-17)20-3-2-4-21(20)35-18-5-6-19-15(7-18)13-30(24(19)32)26-8-16(9-26)22(31)28-25(26)33/h5-7,10,16-17,20-21H,2-4,8-9,11-13H2,1H3,(H,28,31,33)/t16?,20-,21+,26?/m0/s1. The van der Waals surface area contributed by atoms with E-state index in [1.54, 1.807) is 11.1 Å². The first-order valence-electron chi connectivity index (χ1n) is 12.5. The first-order valence-corrected chi connectivity index (χ1v) is 12.5. The molecule has 2 bridgehead atoms. The minimum Gasteiger partial charge on any atom is -0.489 e. The van der Waals surface area contributed by atoms with Crippen LogP contribution in [0, 0.1) is 12.8 Å². The zero-order valence-electron chi connectivity index (χ0n) is 19.7. The SMILES string of the molecule is Cc1cnc(C2CN([C@H]3CCC[C@H]3Oc3ccc4c(c3)CN(C35CC(C3)C(=O)NC5=O)C4=O)C2)o1. The smallest absolute Gasteiger partial charge is 0.255 e. The molecule has 2 saturated carbocycles. The number of piperidine rings is 2. The molecule has 3 amide bonds. The summed E-state index contributed by atoms with van der Waals surface area (Å²) in [5.41, 5.74) is 0.615. The summed E-state index contributed by atoms with van der Waals surface area (Å²) >= 11 is 0. The minimum absolute atomic E-state index is 0.106. The number of nitrogens with one attached hydrogen (secondary N) is 1. The quantitative estimate of drug-likeness (QED) is 0.660. The van der Waals surface area contributed by atoms with Gasteiger partial charge in [0.2, 0.25) is 5.91 Å². The topological polar surface area (TPSA) is 105 Å². The maximum atomic E-state index is 13.1. The van der Waals surface area contributed by atoms with Gasteiger partial charge in [0.05, 0.1) is 12.1 Å². The maximum absolute atomic E-state index is 13.1. The number of carbonyl (C=O) groups excluding carboxylic acids is 3. The Hall–Kier alpha value is -3.20. The van der Waals surface area contributed by atoms with Crippen LogP contribution in [-0.2, 0) is 16.1 Å². The van der Waals surface area contributed by atoms with Gasteiger partial charge in [-0.15, -0.1) is 0 Å². The summed E-state index contributed by atoms with van der Waals surface area (Å²) in [5, 5.41) is 2.43. The lowest BCUT2D eigenvalue weighted by Crippen LogP contribution is -2.73. The Bertz CT molecular complexity index is 1240. The molecule has 0 radical (unpaired) electrons. The number of aryl methyl sites for hydroxylation is 1. The van der Waals surface area contributed by atoms with Crippen molar-refractivity contribution in [1.82, 2.24) is 20.1 Å². The molecule has 0 unspecified atom stereocenters. The number of carbonyl (C=O) groups is 3. The predicted octanol–water partition coefficient (Wildman–Crippen LogP) is 2.14. The Morgan fingerprint density at radius 1 is 1.14 bits per heavy atom. The molecule has 3 saturated heterocycles. The first-order chi connectivity index (χ1) is 16.9. The van der Waals surface area contributed by atoms with Crippen LogP contribution in [0.3, 0.4) is 0 Å². The number of ether oxygens (including phenoxy) is 1. The summed E-state index contributed by atoms with van der Waals surface area (Å²) in [6.07, 6.45) is 5.98. The van der Waals surface area contributed by atoms with Crippen molar-refractivity contribution in [3.8, 4) is 5.75 Å². The highest BCUT2D eigenvalue weighted by Crippen LogP contribution is 2.49. The highest BCUT2D eigenvalue weighted by Gasteiger charge is 2.63. The van der Waals surface area contributed by atoms with Crippen molar-refractivity contribution in [2.75, 3.05) is 13.1 Å². The molecule has 9 nitrogen and oxygen atoms in total. The second-order valence-corrected chi connectivity index (χ2v) is 10.8. The fourth-order valence-electron chi connectivity index (χ4n) is 6.65. The van der Waals surface area contributed by atoms with Gasteiger partial charge in [-0.2, -0.15) is 0 Å². The summed E-state index contributed by atoms with van der Waals surface area (Å²) in [7, 11) is 0. The van der Waals surface area contributed by atoms with E-state index >= 15 is 0 Å². The minimum atomic E-state index is -0.887. The molecule has 182 valence electrons. The number of nitrogens with zero attached hydrogens (tertiary/aromatic N) is 3. The number of hydrogen-bond acceptors (Lipinski definition) is 7. The fraction of sp³-hybridized carbons (Fsp3) is 0.538. The fourth-order valence-corrected chi connectivity index (χ4v) is 6.65. The Kier molecular flexibility index (Phi) is 4.46. The molecule has 9 heteroatoms.